The van der Waals surface area contributed by atoms with Crippen LogP contribution in [0.15, 0.2) is 42.7 Å². The number of hydrogen-bond acceptors (Lipinski definition) is 3. The molecule has 0 saturated heterocycles. The van der Waals surface area contributed by atoms with E-state index in [1.54, 1.807) is 31.6 Å². The molecular formula is C14H15FN2O. The number of rotatable bonds is 4. The molecule has 1 N–H and O–H groups in total. The van der Waals surface area contributed by atoms with Crippen LogP contribution in [0.2, 0.25) is 0 Å². The van der Waals surface area contributed by atoms with E-state index >= 15 is 0 Å². The summed E-state index contributed by atoms with van der Waals surface area (Å²) in [6.07, 6.45) is 3.47. The van der Waals surface area contributed by atoms with Crippen LogP contribution in [0.5, 0.6) is 5.75 Å². The maximum atomic E-state index is 13.6. The van der Waals surface area contributed by atoms with Crippen LogP contribution in [0, 0.1) is 5.82 Å². The molecule has 2 rings (SSSR count). The molecule has 94 valence electrons. The fraction of sp³-hybridized carbons (Fsp3) is 0.214. The van der Waals surface area contributed by atoms with E-state index in [0.29, 0.717) is 11.4 Å². The average Bonchev–Trinajstić information content (AvgIpc) is 2.42. The van der Waals surface area contributed by atoms with Gasteiger partial charge in [-0.2, -0.15) is 0 Å². The summed E-state index contributed by atoms with van der Waals surface area (Å²) in [7, 11) is 1.56. The van der Waals surface area contributed by atoms with Crippen LogP contribution >= 0.6 is 0 Å². The van der Waals surface area contributed by atoms with E-state index in [-0.39, 0.29) is 11.9 Å². The van der Waals surface area contributed by atoms with Crippen molar-refractivity contribution in [2.45, 2.75) is 13.0 Å². The Balaban J connectivity index is 2.18. The van der Waals surface area contributed by atoms with Gasteiger partial charge in [0.25, 0.3) is 0 Å². The quantitative estimate of drug-likeness (QED) is 0.897. The van der Waals surface area contributed by atoms with Gasteiger partial charge in [-0.25, -0.2) is 4.39 Å². The summed E-state index contributed by atoms with van der Waals surface area (Å²) in [5.74, 6) is 0.323. The number of nitrogens with one attached hydrogen (secondary N) is 1. The molecule has 2 aromatic rings. The molecule has 1 aromatic carbocycles. The molecule has 0 amide bonds. The zero-order valence-corrected chi connectivity index (χ0v) is 10.4. The summed E-state index contributed by atoms with van der Waals surface area (Å²) in [4.78, 5) is 4.05. The molecule has 0 fully saturated rings. The van der Waals surface area contributed by atoms with Crippen molar-refractivity contribution >= 4 is 5.69 Å². The summed E-state index contributed by atoms with van der Waals surface area (Å²) in [6.45, 7) is 1.95. The second-order valence-corrected chi connectivity index (χ2v) is 4.00. The number of aromatic nitrogens is 1. The number of hydrogen-bond donors (Lipinski definition) is 1. The Bertz CT molecular complexity index is 516. The Morgan fingerprint density at radius 3 is 2.83 bits per heavy atom. The third-order valence-electron chi connectivity index (χ3n) is 2.73. The molecule has 0 saturated carbocycles. The van der Waals surface area contributed by atoms with Crippen molar-refractivity contribution in [3.8, 4) is 5.75 Å². The van der Waals surface area contributed by atoms with Crippen molar-refractivity contribution in [2.75, 3.05) is 12.4 Å². The van der Waals surface area contributed by atoms with Crippen LogP contribution in [0.1, 0.15) is 18.5 Å². The van der Waals surface area contributed by atoms with E-state index in [1.807, 2.05) is 19.1 Å². The molecule has 1 aromatic heterocycles. The first-order chi connectivity index (χ1) is 8.70. The number of ether oxygens (including phenoxy) is 1. The van der Waals surface area contributed by atoms with E-state index in [4.69, 9.17) is 4.74 Å². The standard InChI is InChI=1S/C14H15FN2O/c1-10(11-4-3-7-16-9-11)17-14-8-12(18-2)5-6-13(14)15/h3-10,17H,1-2H3. The van der Waals surface area contributed by atoms with Crippen LogP contribution in [0.25, 0.3) is 0 Å². The van der Waals surface area contributed by atoms with Crippen molar-refractivity contribution < 1.29 is 9.13 Å². The minimum Gasteiger partial charge on any atom is -0.497 e. The predicted molar refractivity (Wildman–Crippen MR) is 69.2 cm³/mol. The smallest absolute Gasteiger partial charge is 0.146 e. The van der Waals surface area contributed by atoms with Crippen LogP contribution in [0.3, 0.4) is 0 Å². The summed E-state index contributed by atoms with van der Waals surface area (Å²) < 4.78 is 18.7. The SMILES string of the molecule is COc1ccc(F)c(NC(C)c2cccnc2)c1. The minimum atomic E-state index is -0.299. The molecule has 0 bridgehead atoms. The van der Waals surface area contributed by atoms with Gasteiger partial charge in [-0.15, -0.1) is 0 Å². The lowest BCUT2D eigenvalue weighted by molar-refractivity contribution is 0.414. The van der Waals surface area contributed by atoms with Gasteiger partial charge in [0.15, 0.2) is 0 Å². The Labute approximate surface area is 106 Å². The largest absolute Gasteiger partial charge is 0.497 e. The number of pyridine rings is 1. The summed E-state index contributed by atoms with van der Waals surface area (Å²) in [5.41, 5.74) is 1.42. The molecule has 0 spiro atoms. The highest BCUT2D eigenvalue weighted by atomic mass is 19.1. The van der Waals surface area contributed by atoms with Gasteiger partial charge in [0.1, 0.15) is 11.6 Å². The first-order valence-corrected chi connectivity index (χ1v) is 5.70. The van der Waals surface area contributed by atoms with Crippen LogP contribution in [-0.2, 0) is 0 Å². The Kier molecular flexibility index (Phi) is 3.77. The molecule has 3 nitrogen and oxygen atoms in total. The lowest BCUT2D eigenvalue weighted by Crippen LogP contribution is -2.08. The van der Waals surface area contributed by atoms with Gasteiger partial charge in [0.05, 0.1) is 18.8 Å². The monoisotopic (exact) mass is 246 g/mol. The number of methoxy groups -OCH3 is 1. The normalized spacial score (nSPS) is 11.9. The minimum absolute atomic E-state index is 0.0275. The van der Waals surface area contributed by atoms with Crippen LogP contribution < -0.4 is 10.1 Å². The number of benzene rings is 1. The van der Waals surface area contributed by atoms with Crippen molar-refractivity contribution in [3.63, 3.8) is 0 Å². The fourth-order valence-corrected chi connectivity index (χ4v) is 1.69. The molecule has 0 aliphatic carbocycles. The van der Waals surface area contributed by atoms with Gasteiger partial charge in [0, 0.05) is 18.5 Å². The van der Waals surface area contributed by atoms with E-state index in [1.165, 1.54) is 6.07 Å². The summed E-state index contributed by atoms with van der Waals surface area (Å²) in [5, 5.41) is 3.11. The second kappa shape index (κ2) is 5.49. The van der Waals surface area contributed by atoms with Gasteiger partial charge < -0.3 is 10.1 Å². The van der Waals surface area contributed by atoms with Gasteiger partial charge in [-0.05, 0) is 30.7 Å². The molecule has 1 unspecified atom stereocenters. The number of anilines is 1. The maximum Gasteiger partial charge on any atom is 0.146 e. The maximum absolute atomic E-state index is 13.6. The fourth-order valence-electron chi connectivity index (χ4n) is 1.69. The third kappa shape index (κ3) is 2.77. The van der Waals surface area contributed by atoms with E-state index in [0.717, 1.165) is 5.56 Å². The third-order valence-corrected chi connectivity index (χ3v) is 2.73. The molecule has 1 heterocycles. The molecular weight excluding hydrogens is 231 g/mol. The topological polar surface area (TPSA) is 34.1 Å². The molecule has 1 atom stereocenters. The van der Waals surface area contributed by atoms with Crippen LogP contribution in [-0.4, -0.2) is 12.1 Å². The highest BCUT2D eigenvalue weighted by Gasteiger charge is 2.09. The zero-order valence-electron chi connectivity index (χ0n) is 10.4. The van der Waals surface area contributed by atoms with Gasteiger partial charge in [-0.3, -0.25) is 4.98 Å². The molecule has 18 heavy (non-hydrogen) atoms. The van der Waals surface area contributed by atoms with Crippen molar-refractivity contribution in [1.29, 1.82) is 0 Å². The first kappa shape index (κ1) is 12.4. The van der Waals surface area contributed by atoms with Crippen LogP contribution in [0.4, 0.5) is 10.1 Å². The van der Waals surface area contributed by atoms with Gasteiger partial charge in [-0.1, -0.05) is 6.07 Å². The lowest BCUT2D eigenvalue weighted by Gasteiger charge is -2.16. The van der Waals surface area contributed by atoms with E-state index in [9.17, 15) is 4.39 Å². The van der Waals surface area contributed by atoms with Crippen molar-refractivity contribution in [1.82, 2.24) is 4.98 Å². The Morgan fingerprint density at radius 1 is 1.33 bits per heavy atom. The highest BCUT2D eigenvalue weighted by Crippen LogP contribution is 2.25. The van der Waals surface area contributed by atoms with Gasteiger partial charge >= 0.3 is 0 Å². The zero-order chi connectivity index (χ0) is 13.0. The second-order valence-electron chi connectivity index (χ2n) is 4.00. The van der Waals surface area contributed by atoms with Gasteiger partial charge in [0.2, 0.25) is 0 Å². The van der Waals surface area contributed by atoms with E-state index < -0.39 is 0 Å². The molecule has 0 aliphatic heterocycles. The highest BCUT2D eigenvalue weighted by molar-refractivity contribution is 5.51. The Morgan fingerprint density at radius 2 is 2.17 bits per heavy atom. The Hall–Kier alpha value is -2.10. The lowest BCUT2D eigenvalue weighted by atomic mass is 10.1. The summed E-state index contributed by atoms with van der Waals surface area (Å²) >= 11 is 0. The predicted octanol–water partition coefficient (Wildman–Crippen LogP) is 3.40. The van der Waals surface area contributed by atoms with E-state index in [2.05, 4.69) is 10.3 Å². The molecule has 4 heteroatoms. The summed E-state index contributed by atoms with van der Waals surface area (Å²) in [6, 6.07) is 8.40. The molecule has 0 aliphatic rings. The molecule has 0 radical (unpaired) electrons. The average molecular weight is 246 g/mol. The first-order valence-electron chi connectivity index (χ1n) is 5.70. The number of nitrogens with zero attached hydrogens (tertiary/aromatic N) is 1. The number of halogens is 1. The van der Waals surface area contributed by atoms with Crippen molar-refractivity contribution in [2.24, 2.45) is 0 Å². The van der Waals surface area contributed by atoms with Crippen molar-refractivity contribution in [3.05, 3.63) is 54.1 Å².